The van der Waals surface area contributed by atoms with E-state index in [1.165, 1.54) is 0 Å². The molecular formula is C6H12N4O5. The van der Waals surface area contributed by atoms with Gasteiger partial charge >= 0.3 is 0 Å². The van der Waals surface area contributed by atoms with Crippen molar-refractivity contribution in [2.45, 2.75) is 24.4 Å². The van der Waals surface area contributed by atoms with Gasteiger partial charge in [0.2, 0.25) is 5.91 Å². The molecule has 0 radical (unpaired) electrons. The van der Waals surface area contributed by atoms with Gasteiger partial charge in [-0.2, -0.15) is 0 Å². The summed E-state index contributed by atoms with van der Waals surface area (Å²) in [5.74, 6) is -1.17. The number of azide groups is 1. The summed E-state index contributed by atoms with van der Waals surface area (Å²) in [6.45, 7) is -0.805. The Bertz CT molecular complexity index is 266. The molecule has 0 spiro atoms. The van der Waals surface area contributed by atoms with Crippen LogP contribution in [0.25, 0.3) is 10.4 Å². The molecule has 4 atom stereocenters. The van der Waals surface area contributed by atoms with E-state index in [1.807, 2.05) is 0 Å². The minimum absolute atomic E-state index is 0.805. The van der Waals surface area contributed by atoms with Crippen molar-refractivity contribution in [1.82, 2.24) is 0 Å². The molecule has 0 unspecified atom stereocenters. The molecule has 0 saturated heterocycles. The summed E-state index contributed by atoms with van der Waals surface area (Å²) in [5, 5.41) is 38.4. The van der Waals surface area contributed by atoms with Crippen LogP contribution in [0.4, 0.5) is 0 Å². The summed E-state index contributed by atoms with van der Waals surface area (Å²) in [4.78, 5) is 13.0. The molecule has 0 bridgehead atoms. The predicted octanol–water partition coefficient (Wildman–Crippen LogP) is -2.77. The highest BCUT2D eigenvalue weighted by molar-refractivity contribution is 5.82. The average molecular weight is 220 g/mol. The molecule has 0 aliphatic rings. The predicted molar refractivity (Wildman–Crippen MR) is 47.2 cm³/mol. The molecule has 0 rings (SSSR count). The standard InChI is InChI=1S/C6H12N4O5/c7-3(6(15)9-10-8)5(14)4(13)2(12)1-11/h2-5,11-14H,1,7H2/t2-,3-,4-,5-/m1/s1. The zero-order chi connectivity index (χ0) is 12.0. The number of hydrogen-bond donors (Lipinski definition) is 5. The fraction of sp³-hybridized carbons (Fsp3) is 0.833. The number of nitrogens with two attached hydrogens (primary N) is 1. The number of amides is 1. The van der Waals surface area contributed by atoms with E-state index >= 15 is 0 Å². The van der Waals surface area contributed by atoms with Gasteiger partial charge in [-0.15, -0.1) is 0 Å². The van der Waals surface area contributed by atoms with Gasteiger partial charge in [-0.05, 0) is 10.6 Å². The summed E-state index contributed by atoms with van der Waals surface area (Å²) in [5.41, 5.74) is 13.0. The molecule has 0 aliphatic heterocycles. The number of nitrogens with zero attached hydrogens (tertiary/aromatic N) is 3. The molecule has 1 amide bonds. The van der Waals surface area contributed by atoms with Crippen LogP contribution in [0.3, 0.4) is 0 Å². The molecule has 9 nitrogen and oxygen atoms in total. The quantitative estimate of drug-likeness (QED) is 0.190. The first-order chi connectivity index (χ1) is 6.95. The van der Waals surface area contributed by atoms with Crippen LogP contribution in [-0.4, -0.2) is 57.3 Å². The Morgan fingerprint density at radius 2 is 1.93 bits per heavy atom. The van der Waals surface area contributed by atoms with E-state index in [2.05, 4.69) is 10.0 Å². The van der Waals surface area contributed by atoms with Crippen LogP contribution in [0.1, 0.15) is 0 Å². The summed E-state index contributed by atoms with van der Waals surface area (Å²) < 4.78 is 0. The summed E-state index contributed by atoms with van der Waals surface area (Å²) in [6, 6.07) is -1.66. The smallest absolute Gasteiger partial charge is 0.238 e. The molecule has 0 heterocycles. The third kappa shape index (κ3) is 3.80. The van der Waals surface area contributed by atoms with Gasteiger partial charge in [-0.25, -0.2) is 0 Å². The average Bonchev–Trinajstić information content (AvgIpc) is 2.25. The lowest BCUT2D eigenvalue weighted by atomic mass is 10.0. The topological polar surface area (TPSA) is 173 Å². The Labute approximate surface area is 84.4 Å². The summed E-state index contributed by atoms with van der Waals surface area (Å²) >= 11 is 0. The Morgan fingerprint density at radius 3 is 2.33 bits per heavy atom. The van der Waals surface area contributed by atoms with Gasteiger partial charge in [0.25, 0.3) is 0 Å². The Balaban J connectivity index is 4.49. The first-order valence-electron chi connectivity index (χ1n) is 3.95. The molecule has 0 aromatic heterocycles. The van der Waals surface area contributed by atoms with Gasteiger partial charge in [-0.3, -0.25) is 4.79 Å². The summed E-state index contributed by atoms with van der Waals surface area (Å²) in [7, 11) is 0. The molecule has 9 heteroatoms. The van der Waals surface area contributed by atoms with Gasteiger partial charge in [0.05, 0.1) is 12.6 Å². The van der Waals surface area contributed by atoms with Crippen LogP contribution in [0, 0.1) is 0 Å². The molecule has 0 aliphatic carbocycles. The SMILES string of the molecule is [N-]=[N+]=NC(=O)[C@H](N)[C@@H](O)[C@H](O)[C@H](O)CO. The van der Waals surface area contributed by atoms with E-state index in [0.717, 1.165) is 0 Å². The van der Waals surface area contributed by atoms with E-state index in [9.17, 15) is 9.90 Å². The van der Waals surface area contributed by atoms with Gasteiger partial charge in [-0.1, -0.05) is 0 Å². The van der Waals surface area contributed by atoms with Crippen molar-refractivity contribution in [3.8, 4) is 0 Å². The zero-order valence-electron chi connectivity index (χ0n) is 7.63. The third-order valence-corrected chi connectivity index (χ3v) is 1.73. The molecule has 15 heavy (non-hydrogen) atoms. The third-order valence-electron chi connectivity index (χ3n) is 1.73. The van der Waals surface area contributed by atoms with Crippen molar-refractivity contribution < 1.29 is 25.2 Å². The minimum Gasteiger partial charge on any atom is -0.394 e. The maximum absolute atomic E-state index is 10.8. The zero-order valence-corrected chi connectivity index (χ0v) is 7.63. The van der Waals surface area contributed by atoms with Crippen molar-refractivity contribution in [3.63, 3.8) is 0 Å². The first-order valence-corrected chi connectivity index (χ1v) is 3.95. The second-order valence-electron chi connectivity index (χ2n) is 2.78. The number of rotatable bonds is 5. The first kappa shape index (κ1) is 13.8. The highest BCUT2D eigenvalue weighted by atomic mass is 16.4. The monoisotopic (exact) mass is 220 g/mol. The largest absolute Gasteiger partial charge is 0.394 e. The van der Waals surface area contributed by atoms with Crippen LogP contribution >= 0.6 is 0 Å². The Morgan fingerprint density at radius 1 is 1.40 bits per heavy atom. The molecular weight excluding hydrogens is 208 g/mol. The fourth-order valence-corrected chi connectivity index (χ4v) is 0.805. The molecule has 0 aromatic rings. The molecule has 0 aromatic carbocycles. The fourth-order valence-electron chi connectivity index (χ4n) is 0.805. The molecule has 0 fully saturated rings. The van der Waals surface area contributed by atoms with Crippen LogP contribution in [0.15, 0.2) is 5.11 Å². The van der Waals surface area contributed by atoms with Crippen LogP contribution in [-0.2, 0) is 4.79 Å². The second kappa shape index (κ2) is 6.30. The maximum Gasteiger partial charge on any atom is 0.238 e. The lowest BCUT2D eigenvalue weighted by Gasteiger charge is -2.24. The molecule has 0 saturated carbocycles. The van der Waals surface area contributed by atoms with Gasteiger partial charge in [0, 0.05) is 4.91 Å². The Kier molecular flexibility index (Phi) is 5.79. The van der Waals surface area contributed by atoms with E-state index in [-0.39, 0.29) is 0 Å². The lowest BCUT2D eigenvalue weighted by Crippen LogP contribution is -2.52. The van der Waals surface area contributed by atoms with Crippen molar-refractivity contribution in [2.75, 3.05) is 6.61 Å². The van der Waals surface area contributed by atoms with E-state index in [1.54, 1.807) is 0 Å². The van der Waals surface area contributed by atoms with Crippen molar-refractivity contribution >= 4 is 5.91 Å². The number of carbonyl (C=O) groups is 1. The van der Waals surface area contributed by atoms with Gasteiger partial charge in [0.1, 0.15) is 18.3 Å². The van der Waals surface area contributed by atoms with Crippen molar-refractivity contribution in [2.24, 2.45) is 10.8 Å². The highest BCUT2D eigenvalue weighted by Gasteiger charge is 2.32. The van der Waals surface area contributed by atoms with E-state index in [4.69, 9.17) is 26.6 Å². The number of hydrogen-bond acceptors (Lipinski definition) is 6. The minimum atomic E-state index is -1.83. The Hall–Kier alpha value is -1.22. The maximum atomic E-state index is 10.8. The number of aliphatic hydroxyl groups is 4. The summed E-state index contributed by atoms with van der Waals surface area (Å²) in [6.07, 6.45) is -5.27. The van der Waals surface area contributed by atoms with E-state index in [0.29, 0.717) is 0 Å². The highest BCUT2D eigenvalue weighted by Crippen LogP contribution is 2.04. The second-order valence-corrected chi connectivity index (χ2v) is 2.78. The van der Waals surface area contributed by atoms with Gasteiger partial charge in [0.15, 0.2) is 0 Å². The van der Waals surface area contributed by atoms with Crippen LogP contribution < -0.4 is 5.73 Å². The van der Waals surface area contributed by atoms with Crippen LogP contribution in [0.5, 0.6) is 0 Å². The lowest BCUT2D eigenvalue weighted by molar-refractivity contribution is -0.128. The molecule has 86 valence electrons. The normalized spacial score (nSPS) is 18.5. The number of aliphatic hydroxyl groups excluding tert-OH is 4. The van der Waals surface area contributed by atoms with Gasteiger partial charge < -0.3 is 26.2 Å². The van der Waals surface area contributed by atoms with Crippen molar-refractivity contribution in [1.29, 1.82) is 0 Å². The van der Waals surface area contributed by atoms with Crippen LogP contribution in [0.2, 0.25) is 0 Å². The van der Waals surface area contributed by atoms with Crippen molar-refractivity contribution in [3.05, 3.63) is 10.4 Å². The van der Waals surface area contributed by atoms with E-state index < -0.39 is 36.9 Å². The molecule has 6 N–H and O–H groups in total. The number of carbonyl (C=O) groups excluding carboxylic acids is 1.